The van der Waals surface area contributed by atoms with Crippen LogP contribution in [-0.2, 0) is 11.3 Å². The van der Waals surface area contributed by atoms with E-state index in [9.17, 15) is 4.79 Å². The number of methoxy groups -OCH3 is 1. The van der Waals surface area contributed by atoms with E-state index in [1.54, 1.807) is 7.11 Å². The molecule has 0 bridgehead atoms. The Morgan fingerprint density at radius 3 is 2.72 bits per heavy atom. The van der Waals surface area contributed by atoms with Gasteiger partial charge in [-0.2, -0.15) is 0 Å². The van der Waals surface area contributed by atoms with E-state index in [4.69, 9.17) is 9.47 Å². The second kappa shape index (κ2) is 8.01. The first-order valence-corrected chi connectivity index (χ1v) is 8.68. The van der Waals surface area contributed by atoms with Crippen LogP contribution in [-0.4, -0.2) is 29.6 Å². The van der Waals surface area contributed by atoms with Crippen molar-refractivity contribution in [1.82, 2.24) is 9.88 Å². The fourth-order valence-electron chi connectivity index (χ4n) is 3.29. The van der Waals surface area contributed by atoms with E-state index in [0.29, 0.717) is 19.0 Å². The van der Waals surface area contributed by atoms with Gasteiger partial charge in [-0.1, -0.05) is 30.3 Å². The zero-order chi connectivity index (χ0) is 17.6. The first-order chi connectivity index (χ1) is 12.2. The molecule has 132 valence electrons. The Hall–Kier alpha value is -2.56. The molecule has 1 aliphatic rings. The van der Waals surface area contributed by atoms with Gasteiger partial charge >= 0.3 is 6.09 Å². The van der Waals surface area contributed by atoms with Gasteiger partial charge in [0, 0.05) is 18.3 Å². The number of carbonyl (C=O) groups excluding carboxylic acids is 1. The largest absolute Gasteiger partial charge is 0.481 e. The lowest BCUT2D eigenvalue weighted by molar-refractivity contribution is 0.0676. The number of pyridine rings is 1. The third-order valence-electron chi connectivity index (χ3n) is 4.61. The minimum atomic E-state index is -0.260. The van der Waals surface area contributed by atoms with Crippen LogP contribution in [0, 0.1) is 6.92 Å². The van der Waals surface area contributed by atoms with Gasteiger partial charge in [0.2, 0.25) is 5.88 Å². The molecule has 5 heteroatoms. The van der Waals surface area contributed by atoms with E-state index in [1.807, 2.05) is 54.3 Å². The summed E-state index contributed by atoms with van der Waals surface area (Å²) in [6.45, 7) is 2.96. The van der Waals surface area contributed by atoms with Crippen molar-refractivity contribution in [3.05, 3.63) is 59.3 Å². The zero-order valence-corrected chi connectivity index (χ0v) is 14.8. The number of amides is 1. The number of hydrogen-bond donors (Lipinski definition) is 0. The first-order valence-electron chi connectivity index (χ1n) is 8.68. The molecule has 1 aromatic heterocycles. The minimum absolute atomic E-state index is 0.00966. The molecule has 0 unspecified atom stereocenters. The van der Waals surface area contributed by atoms with Crippen molar-refractivity contribution in [3.8, 4) is 5.88 Å². The van der Waals surface area contributed by atoms with Crippen LogP contribution in [0.4, 0.5) is 4.79 Å². The molecule has 1 saturated heterocycles. The van der Waals surface area contributed by atoms with Crippen LogP contribution in [0.1, 0.15) is 42.1 Å². The molecule has 2 aromatic rings. The summed E-state index contributed by atoms with van der Waals surface area (Å²) >= 11 is 0. The van der Waals surface area contributed by atoms with E-state index in [1.165, 1.54) is 0 Å². The molecule has 1 amide bonds. The monoisotopic (exact) mass is 340 g/mol. The topological polar surface area (TPSA) is 51.7 Å². The highest BCUT2D eigenvalue weighted by Gasteiger charge is 2.30. The van der Waals surface area contributed by atoms with Crippen molar-refractivity contribution in [2.45, 2.75) is 38.8 Å². The second-order valence-corrected chi connectivity index (χ2v) is 6.27. The average Bonchev–Trinajstić information content (AvgIpc) is 2.67. The lowest BCUT2D eigenvalue weighted by Crippen LogP contribution is -2.39. The molecule has 0 N–H and O–H groups in total. The number of aromatic nitrogens is 1. The minimum Gasteiger partial charge on any atom is -0.481 e. The quantitative estimate of drug-likeness (QED) is 0.834. The fourth-order valence-corrected chi connectivity index (χ4v) is 3.29. The number of carbonyl (C=O) groups is 1. The molecule has 5 nitrogen and oxygen atoms in total. The fraction of sp³-hybridized carbons (Fsp3) is 0.400. The highest BCUT2D eigenvalue weighted by molar-refractivity contribution is 5.68. The second-order valence-electron chi connectivity index (χ2n) is 6.27. The molecular weight excluding hydrogens is 316 g/mol. The van der Waals surface area contributed by atoms with Crippen LogP contribution in [0.3, 0.4) is 0 Å². The van der Waals surface area contributed by atoms with E-state index < -0.39 is 0 Å². The normalized spacial score (nSPS) is 17.2. The van der Waals surface area contributed by atoms with E-state index in [2.05, 4.69) is 4.98 Å². The number of ether oxygens (including phenoxy) is 2. The number of rotatable bonds is 4. The van der Waals surface area contributed by atoms with Gasteiger partial charge in [0.15, 0.2) is 0 Å². The highest BCUT2D eigenvalue weighted by atomic mass is 16.6. The standard InChI is InChI=1S/C20H24N2O3/c1-15-17(11-12-19(21-15)24-2)18-10-6-7-13-22(18)20(23)25-14-16-8-4-3-5-9-16/h3-5,8-9,11-12,18H,6-7,10,13-14H2,1-2H3/t18-/m1/s1. The van der Waals surface area contributed by atoms with E-state index >= 15 is 0 Å². The highest BCUT2D eigenvalue weighted by Crippen LogP contribution is 2.33. The SMILES string of the molecule is COc1ccc([C@H]2CCCCN2C(=O)OCc2ccccc2)c(C)n1. The van der Waals surface area contributed by atoms with Crippen molar-refractivity contribution in [1.29, 1.82) is 0 Å². The average molecular weight is 340 g/mol. The Balaban J connectivity index is 1.73. The van der Waals surface area contributed by atoms with Crippen molar-refractivity contribution < 1.29 is 14.3 Å². The summed E-state index contributed by atoms with van der Waals surface area (Å²) in [4.78, 5) is 18.9. The molecular formula is C20H24N2O3. The van der Waals surface area contributed by atoms with Crippen LogP contribution in [0.15, 0.2) is 42.5 Å². The summed E-state index contributed by atoms with van der Waals surface area (Å²) < 4.78 is 10.7. The first kappa shape index (κ1) is 17.3. The summed E-state index contributed by atoms with van der Waals surface area (Å²) in [5.74, 6) is 0.593. The predicted octanol–water partition coefficient (Wildman–Crippen LogP) is 4.26. The van der Waals surface area contributed by atoms with Crippen molar-refractivity contribution in [2.24, 2.45) is 0 Å². The third-order valence-corrected chi connectivity index (χ3v) is 4.61. The number of hydrogen-bond acceptors (Lipinski definition) is 4. The summed E-state index contributed by atoms with van der Waals surface area (Å²) in [5.41, 5.74) is 2.95. The molecule has 25 heavy (non-hydrogen) atoms. The summed E-state index contributed by atoms with van der Waals surface area (Å²) in [6, 6.07) is 13.6. The maximum atomic E-state index is 12.6. The number of benzene rings is 1. The van der Waals surface area contributed by atoms with Gasteiger partial charge in [0.25, 0.3) is 0 Å². The third kappa shape index (κ3) is 4.10. The lowest BCUT2D eigenvalue weighted by Gasteiger charge is -2.35. The van der Waals surface area contributed by atoms with Gasteiger partial charge in [-0.25, -0.2) is 9.78 Å². The molecule has 2 heterocycles. The van der Waals surface area contributed by atoms with Crippen molar-refractivity contribution >= 4 is 6.09 Å². The summed E-state index contributed by atoms with van der Waals surface area (Å²) in [6.07, 6.45) is 2.76. The van der Waals surface area contributed by atoms with Crippen molar-refractivity contribution in [3.63, 3.8) is 0 Å². The van der Waals surface area contributed by atoms with Gasteiger partial charge in [0.05, 0.1) is 13.2 Å². The molecule has 1 atom stereocenters. The van der Waals surface area contributed by atoms with Crippen LogP contribution >= 0.6 is 0 Å². The Bertz CT molecular complexity index is 718. The Morgan fingerprint density at radius 1 is 1.20 bits per heavy atom. The predicted molar refractivity (Wildman–Crippen MR) is 95.5 cm³/mol. The van der Waals surface area contributed by atoms with Crippen LogP contribution in [0.5, 0.6) is 5.88 Å². The van der Waals surface area contributed by atoms with Crippen LogP contribution < -0.4 is 4.74 Å². The number of piperidine rings is 1. The summed E-state index contributed by atoms with van der Waals surface area (Å²) in [7, 11) is 1.61. The van der Waals surface area contributed by atoms with Gasteiger partial charge in [-0.3, -0.25) is 0 Å². The number of aryl methyl sites for hydroxylation is 1. The molecule has 1 aromatic carbocycles. The molecule has 3 rings (SSSR count). The van der Waals surface area contributed by atoms with Gasteiger partial charge in [-0.05, 0) is 43.4 Å². The van der Waals surface area contributed by atoms with Crippen LogP contribution in [0.2, 0.25) is 0 Å². The van der Waals surface area contributed by atoms with E-state index in [0.717, 1.165) is 36.1 Å². The molecule has 0 aliphatic carbocycles. The van der Waals surface area contributed by atoms with Crippen LogP contribution in [0.25, 0.3) is 0 Å². The Labute approximate surface area is 148 Å². The molecule has 1 fully saturated rings. The van der Waals surface area contributed by atoms with Gasteiger partial charge in [0.1, 0.15) is 6.61 Å². The molecule has 0 spiro atoms. The zero-order valence-electron chi connectivity index (χ0n) is 14.8. The number of nitrogens with zero attached hydrogens (tertiary/aromatic N) is 2. The van der Waals surface area contributed by atoms with E-state index in [-0.39, 0.29) is 12.1 Å². The van der Waals surface area contributed by atoms with Gasteiger partial charge < -0.3 is 14.4 Å². The van der Waals surface area contributed by atoms with Crippen molar-refractivity contribution in [2.75, 3.05) is 13.7 Å². The summed E-state index contributed by atoms with van der Waals surface area (Å²) in [5, 5.41) is 0. The molecule has 0 radical (unpaired) electrons. The maximum absolute atomic E-state index is 12.6. The number of likely N-dealkylation sites (tertiary alicyclic amines) is 1. The Morgan fingerprint density at radius 2 is 2.00 bits per heavy atom. The molecule has 0 saturated carbocycles. The Kier molecular flexibility index (Phi) is 5.53. The van der Waals surface area contributed by atoms with Gasteiger partial charge in [-0.15, -0.1) is 0 Å². The molecule has 1 aliphatic heterocycles. The lowest BCUT2D eigenvalue weighted by atomic mass is 9.95. The smallest absolute Gasteiger partial charge is 0.410 e. The maximum Gasteiger partial charge on any atom is 0.410 e.